The number of ketones is 2. The summed E-state index contributed by atoms with van der Waals surface area (Å²) < 4.78 is -0.169. The average molecular weight is 281 g/mol. The molecule has 0 saturated carbocycles. The summed E-state index contributed by atoms with van der Waals surface area (Å²) in [5, 5.41) is 0.0404. The lowest BCUT2D eigenvalue weighted by Crippen LogP contribution is -2.21. The van der Waals surface area contributed by atoms with Gasteiger partial charge in [-0.1, -0.05) is 56.6 Å². The Hall–Kier alpha value is -1.06. The van der Waals surface area contributed by atoms with Crippen LogP contribution in [0.5, 0.6) is 0 Å². The van der Waals surface area contributed by atoms with Gasteiger partial charge in [0.1, 0.15) is 5.03 Å². The second-order valence-corrected chi connectivity index (χ2v) is 7.28. The summed E-state index contributed by atoms with van der Waals surface area (Å²) >= 11 is 7.39. The van der Waals surface area contributed by atoms with Gasteiger partial charge in [0.25, 0.3) is 0 Å². The van der Waals surface area contributed by atoms with Crippen LogP contribution in [-0.2, 0) is 0 Å². The number of benzene rings is 1. The highest BCUT2D eigenvalue weighted by Gasteiger charge is 2.33. The predicted octanol–water partition coefficient (Wildman–Crippen LogP) is 4.05. The third-order valence-corrected chi connectivity index (χ3v) is 4.11. The Labute approximate surface area is 115 Å². The second kappa shape index (κ2) is 4.56. The van der Waals surface area contributed by atoms with Crippen molar-refractivity contribution in [2.24, 2.45) is 0 Å². The molecule has 0 saturated heterocycles. The summed E-state index contributed by atoms with van der Waals surface area (Å²) in [6.45, 7) is 5.94. The fourth-order valence-electron chi connectivity index (χ4n) is 1.72. The molecule has 0 N–H and O–H groups in total. The molecule has 0 unspecified atom stereocenters. The fourth-order valence-corrected chi connectivity index (χ4v) is 3.02. The van der Waals surface area contributed by atoms with Gasteiger partial charge in [-0.3, -0.25) is 9.59 Å². The first kappa shape index (κ1) is 13.4. The molecule has 1 aliphatic carbocycles. The molecule has 1 aromatic carbocycles. The van der Waals surface area contributed by atoms with Crippen LogP contribution in [0.3, 0.4) is 0 Å². The Morgan fingerprint density at radius 1 is 1.00 bits per heavy atom. The number of halogens is 1. The van der Waals surface area contributed by atoms with E-state index in [0.717, 1.165) is 0 Å². The van der Waals surface area contributed by atoms with Crippen LogP contribution >= 0.6 is 23.4 Å². The van der Waals surface area contributed by atoms with E-state index in [1.54, 1.807) is 24.3 Å². The summed E-state index contributed by atoms with van der Waals surface area (Å²) in [5.74, 6) is -0.422. The van der Waals surface area contributed by atoms with Gasteiger partial charge in [0.15, 0.2) is 0 Å². The molecule has 1 aliphatic rings. The van der Waals surface area contributed by atoms with E-state index in [-0.39, 0.29) is 21.3 Å². The summed E-state index contributed by atoms with van der Waals surface area (Å²) in [7, 11) is 0. The van der Waals surface area contributed by atoms with E-state index in [2.05, 4.69) is 0 Å². The monoisotopic (exact) mass is 280 g/mol. The van der Waals surface area contributed by atoms with Gasteiger partial charge in [0, 0.05) is 15.9 Å². The van der Waals surface area contributed by atoms with Gasteiger partial charge in [-0.25, -0.2) is 0 Å². The molecule has 0 atom stereocenters. The Balaban J connectivity index is 2.53. The lowest BCUT2D eigenvalue weighted by molar-refractivity contribution is 0.0987. The van der Waals surface area contributed by atoms with E-state index in [1.165, 1.54) is 11.8 Å². The highest BCUT2D eigenvalue weighted by molar-refractivity contribution is 8.05. The molecule has 18 heavy (non-hydrogen) atoms. The molecule has 0 aliphatic heterocycles. The van der Waals surface area contributed by atoms with Crippen molar-refractivity contribution in [2.75, 3.05) is 0 Å². The maximum absolute atomic E-state index is 12.3. The quantitative estimate of drug-likeness (QED) is 0.778. The molecule has 94 valence electrons. The number of hydrogen-bond acceptors (Lipinski definition) is 3. The van der Waals surface area contributed by atoms with E-state index < -0.39 is 0 Å². The van der Waals surface area contributed by atoms with E-state index in [1.807, 2.05) is 20.8 Å². The largest absolute Gasteiger partial charge is 0.288 e. The van der Waals surface area contributed by atoms with Crippen LogP contribution in [0.25, 0.3) is 0 Å². The summed E-state index contributed by atoms with van der Waals surface area (Å²) in [6, 6.07) is 6.79. The molecule has 2 rings (SSSR count). The van der Waals surface area contributed by atoms with Crippen LogP contribution in [0.15, 0.2) is 34.2 Å². The van der Waals surface area contributed by atoms with Gasteiger partial charge in [-0.15, -0.1) is 11.8 Å². The van der Waals surface area contributed by atoms with Crippen molar-refractivity contribution in [3.8, 4) is 0 Å². The lowest BCUT2D eigenvalue weighted by atomic mass is 9.95. The number of carbonyl (C=O) groups excluding carboxylic acids is 2. The highest BCUT2D eigenvalue weighted by Crippen LogP contribution is 2.40. The second-order valence-electron chi connectivity index (χ2n) is 5.06. The van der Waals surface area contributed by atoms with Gasteiger partial charge in [-0.05, 0) is 0 Å². The number of hydrogen-bond donors (Lipinski definition) is 0. The van der Waals surface area contributed by atoms with Crippen molar-refractivity contribution < 1.29 is 9.59 Å². The Kier molecular flexibility index (Phi) is 3.39. The molecule has 2 nitrogen and oxygen atoms in total. The third-order valence-electron chi connectivity index (χ3n) is 2.43. The molecule has 4 heteroatoms. The summed E-state index contributed by atoms with van der Waals surface area (Å²) in [5.41, 5.74) is 0.837. The zero-order valence-electron chi connectivity index (χ0n) is 10.4. The minimum Gasteiger partial charge on any atom is -0.288 e. The maximum Gasteiger partial charge on any atom is 0.206 e. The molecule has 0 amide bonds. The molecule has 0 fully saturated rings. The SMILES string of the molecule is CC(C)(C)SC1=C(Cl)C(=O)c2ccccc2C1=O. The van der Waals surface area contributed by atoms with Crippen molar-refractivity contribution in [1.29, 1.82) is 0 Å². The van der Waals surface area contributed by atoms with Gasteiger partial charge >= 0.3 is 0 Å². The van der Waals surface area contributed by atoms with Crippen LogP contribution in [0.4, 0.5) is 0 Å². The van der Waals surface area contributed by atoms with Crippen LogP contribution in [0.2, 0.25) is 0 Å². The van der Waals surface area contributed by atoms with Crippen LogP contribution in [0.1, 0.15) is 41.5 Å². The minimum atomic E-state index is -0.265. The van der Waals surface area contributed by atoms with Gasteiger partial charge in [0.05, 0.1) is 4.91 Å². The van der Waals surface area contributed by atoms with E-state index in [4.69, 9.17) is 11.6 Å². The Morgan fingerprint density at radius 3 is 2.00 bits per heavy atom. The number of thioether (sulfide) groups is 1. The first-order valence-electron chi connectivity index (χ1n) is 5.58. The fraction of sp³-hybridized carbons (Fsp3) is 0.286. The smallest absolute Gasteiger partial charge is 0.206 e. The third kappa shape index (κ3) is 2.38. The number of carbonyl (C=O) groups is 2. The van der Waals surface area contributed by atoms with E-state index >= 15 is 0 Å². The van der Waals surface area contributed by atoms with Crippen LogP contribution < -0.4 is 0 Å². The van der Waals surface area contributed by atoms with E-state index in [9.17, 15) is 9.59 Å². The molecule has 0 bridgehead atoms. The van der Waals surface area contributed by atoms with Crippen LogP contribution in [-0.4, -0.2) is 16.3 Å². The van der Waals surface area contributed by atoms with Gasteiger partial charge in [-0.2, -0.15) is 0 Å². The van der Waals surface area contributed by atoms with E-state index in [0.29, 0.717) is 16.0 Å². The van der Waals surface area contributed by atoms with Gasteiger partial charge < -0.3 is 0 Å². The molecular weight excluding hydrogens is 268 g/mol. The highest BCUT2D eigenvalue weighted by atomic mass is 35.5. The zero-order chi connectivity index (χ0) is 13.5. The molecule has 0 aromatic heterocycles. The Morgan fingerprint density at radius 2 is 1.50 bits per heavy atom. The Bertz CT molecular complexity index is 567. The van der Waals surface area contributed by atoms with Crippen molar-refractivity contribution in [2.45, 2.75) is 25.5 Å². The maximum atomic E-state index is 12.3. The molecule has 1 aromatic rings. The molecule has 0 heterocycles. The topological polar surface area (TPSA) is 34.1 Å². The predicted molar refractivity (Wildman–Crippen MR) is 75.3 cm³/mol. The number of rotatable bonds is 1. The standard InChI is InChI=1S/C14H13ClO2S/c1-14(2,3)18-13-10(15)11(16)8-6-4-5-7-9(8)12(13)17/h4-7H,1-3H3. The number of Topliss-reactive ketones (excluding diaryl/α,β-unsaturated/α-hetero) is 2. The first-order valence-corrected chi connectivity index (χ1v) is 6.78. The lowest BCUT2D eigenvalue weighted by Gasteiger charge is -2.23. The van der Waals surface area contributed by atoms with Crippen molar-refractivity contribution in [3.05, 3.63) is 45.3 Å². The zero-order valence-corrected chi connectivity index (χ0v) is 12.0. The van der Waals surface area contributed by atoms with Crippen LogP contribution in [0, 0.1) is 0 Å². The normalized spacial score (nSPS) is 16.0. The summed E-state index contributed by atoms with van der Waals surface area (Å²) in [6.07, 6.45) is 0. The number of fused-ring (bicyclic) bond motifs is 1. The first-order chi connectivity index (χ1) is 8.31. The number of allylic oxidation sites excluding steroid dienone is 2. The summed E-state index contributed by atoms with van der Waals surface area (Å²) in [4.78, 5) is 24.8. The average Bonchev–Trinajstić information content (AvgIpc) is 2.31. The molecule has 0 spiro atoms. The van der Waals surface area contributed by atoms with Gasteiger partial charge in [0.2, 0.25) is 11.6 Å². The van der Waals surface area contributed by atoms with Crippen molar-refractivity contribution in [3.63, 3.8) is 0 Å². The minimum absolute atomic E-state index is 0.0404. The molecular formula is C14H13ClO2S. The van der Waals surface area contributed by atoms with Crippen molar-refractivity contribution in [1.82, 2.24) is 0 Å². The molecule has 0 radical (unpaired) electrons. The van der Waals surface area contributed by atoms with Crippen molar-refractivity contribution >= 4 is 34.9 Å².